The number of hydrazine groups is 1. The summed E-state index contributed by atoms with van der Waals surface area (Å²) in [6, 6.07) is 5.71. The fourth-order valence-electron chi connectivity index (χ4n) is 1.96. The highest BCUT2D eigenvalue weighted by Gasteiger charge is 2.15. The van der Waals surface area contributed by atoms with Gasteiger partial charge in [-0.25, -0.2) is 4.39 Å². The Morgan fingerprint density at radius 3 is 2.59 bits per heavy atom. The molecule has 0 aliphatic carbocycles. The highest BCUT2D eigenvalue weighted by Crippen LogP contribution is 2.19. The maximum absolute atomic E-state index is 13.6. The molecule has 1 heterocycles. The van der Waals surface area contributed by atoms with Gasteiger partial charge in [-0.3, -0.25) is 20.4 Å². The lowest BCUT2D eigenvalue weighted by atomic mass is 10.1. The van der Waals surface area contributed by atoms with Crippen LogP contribution in [0, 0.1) is 19.7 Å². The number of hydrogen-bond acceptors (Lipinski definition) is 3. The van der Waals surface area contributed by atoms with Crippen molar-refractivity contribution < 1.29 is 18.4 Å². The van der Waals surface area contributed by atoms with Crippen molar-refractivity contribution in [3.8, 4) is 0 Å². The van der Waals surface area contributed by atoms with Crippen molar-refractivity contribution in [2.75, 3.05) is 0 Å². The predicted octanol–water partition coefficient (Wildman–Crippen LogP) is 2.69. The monoisotopic (exact) mass is 324 g/mol. The van der Waals surface area contributed by atoms with E-state index in [0.717, 1.165) is 0 Å². The molecule has 0 saturated carbocycles. The summed E-state index contributed by atoms with van der Waals surface area (Å²) in [5.74, 6) is -0.635. The van der Waals surface area contributed by atoms with Crippen molar-refractivity contribution in [1.29, 1.82) is 0 Å². The molecule has 116 valence electrons. The second kappa shape index (κ2) is 6.62. The Labute approximate surface area is 131 Å². The minimum Gasteiger partial charge on any atom is -0.466 e. The molecular formula is C15H14ClFN2O3. The molecule has 5 nitrogen and oxygen atoms in total. The van der Waals surface area contributed by atoms with E-state index in [1.807, 2.05) is 0 Å². The Balaban J connectivity index is 1.96. The minimum absolute atomic E-state index is 0.0752. The topological polar surface area (TPSA) is 71.3 Å². The van der Waals surface area contributed by atoms with Crippen molar-refractivity contribution in [1.82, 2.24) is 10.9 Å². The maximum Gasteiger partial charge on any atom is 0.273 e. The molecular weight excluding hydrogens is 311 g/mol. The third kappa shape index (κ3) is 3.65. The third-order valence-corrected chi connectivity index (χ3v) is 3.35. The van der Waals surface area contributed by atoms with E-state index < -0.39 is 17.6 Å². The van der Waals surface area contributed by atoms with Gasteiger partial charge in [0.15, 0.2) is 0 Å². The van der Waals surface area contributed by atoms with Crippen molar-refractivity contribution in [3.63, 3.8) is 0 Å². The average molecular weight is 325 g/mol. The molecule has 0 saturated heterocycles. The van der Waals surface area contributed by atoms with Gasteiger partial charge < -0.3 is 4.42 Å². The zero-order chi connectivity index (χ0) is 16.3. The fourth-order valence-corrected chi connectivity index (χ4v) is 2.19. The first-order chi connectivity index (χ1) is 10.4. The number of benzene rings is 1. The standard InChI is InChI=1S/C15H14ClFN2O3/c1-8-6-10(9(2)22-8)15(21)19-18-14(20)7-11-12(16)4-3-5-13(11)17/h3-6H,7H2,1-2H3,(H,18,20)(H,19,21). The van der Waals surface area contributed by atoms with Crippen LogP contribution in [-0.4, -0.2) is 11.8 Å². The molecule has 0 spiro atoms. The van der Waals surface area contributed by atoms with Crippen LogP contribution in [0.2, 0.25) is 5.02 Å². The Bertz CT molecular complexity index is 707. The Morgan fingerprint density at radius 2 is 2.00 bits per heavy atom. The molecule has 0 aliphatic heterocycles. The van der Waals surface area contributed by atoms with Gasteiger partial charge in [-0.15, -0.1) is 0 Å². The summed E-state index contributed by atoms with van der Waals surface area (Å²) < 4.78 is 18.8. The van der Waals surface area contributed by atoms with E-state index in [9.17, 15) is 14.0 Å². The number of carbonyl (C=O) groups is 2. The largest absolute Gasteiger partial charge is 0.466 e. The Morgan fingerprint density at radius 1 is 1.27 bits per heavy atom. The summed E-state index contributed by atoms with van der Waals surface area (Å²) in [6.07, 6.45) is -0.283. The normalized spacial score (nSPS) is 10.4. The summed E-state index contributed by atoms with van der Waals surface area (Å²) in [7, 11) is 0. The van der Waals surface area contributed by atoms with Gasteiger partial charge in [-0.2, -0.15) is 0 Å². The van der Waals surface area contributed by atoms with Gasteiger partial charge in [-0.1, -0.05) is 17.7 Å². The van der Waals surface area contributed by atoms with E-state index in [4.69, 9.17) is 16.0 Å². The summed E-state index contributed by atoms with van der Waals surface area (Å²) in [5, 5.41) is 0.155. The maximum atomic E-state index is 13.6. The van der Waals surface area contributed by atoms with Crippen molar-refractivity contribution in [2.45, 2.75) is 20.3 Å². The zero-order valence-electron chi connectivity index (χ0n) is 12.0. The number of amides is 2. The van der Waals surface area contributed by atoms with Crippen LogP contribution in [0.4, 0.5) is 4.39 Å². The molecule has 2 amide bonds. The number of halogens is 2. The van der Waals surface area contributed by atoms with Crippen LogP contribution in [0.25, 0.3) is 0 Å². The first-order valence-electron chi connectivity index (χ1n) is 6.47. The summed E-state index contributed by atoms with van der Waals surface area (Å²) >= 11 is 5.84. The van der Waals surface area contributed by atoms with Gasteiger partial charge in [0.25, 0.3) is 5.91 Å². The summed E-state index contributed by atoms with van der Waals surface area (Å²) in [4.78, 5) is 23.7. The minimum atomic E-state index is -0.585. The van der Waals surface area contributed by atoms with E-state index in [-0.39, 0.29) is 17.0 Å². The van der Waals surface area contributed by atoms with E-state index in [1.54, 1.807) is 19.9 Å². The third-order valence-electron chi connectivity index (χ3n) is 3.00. The molecule has 2 aromatic rings. The SMILES string of the molecule is Cc1cc(C(=O)NNC(=O)Cc2c(F)cccc2Cl)c(C)o1. The summed E-state index contributed by atoms with van der Waals surface area (Å²) in [5.41, 5.74) is 4.86. The highest BCUT2D eigenvalue weighted by molar-refractivity contribution is 6.31. The molecule has 0 unspecified atom stereocenters. The number of rotatable bonds is 3. The zero-order valence-corrected chi connectivity index (χ0v) is 12.8. The predicted molar refractivity (Wildman–Crippen MR) is 78.9 cm³/mol. The molecule has 0 aliphatic rings. The van der Waals surface area contributed by atoms with Crippen LogP contribution in [0.15, 0.2) is 28.7 Å². The van der Waals surface area contributed by atoms with Gasteiger partial charge in [0.1, 0.15) is 17.3 Å². The molecule has 0 radical (unpaired) electrons. The molecule has 0 atom stereocenters. The van der Waals surface area contributed by atoms with Crippen LogP contribution >= 0.6 is 11.6 Å². The van der Waals surface area contributed by atoms with Gasteiger partial charge in [0.2, 0.25) is 5.91 Å². The Hall–Kier alpha value is -2.34. The molecule has 2 N–H and O–H groups in total. The number of aryl methyl sites for hydroxylation is 2. The van der Waals surface area contributed by atoms with Gasteiger partial charge in [-0.05, 0) is 32.0 Å². The quantitative estimate of drug-likeness (QED) is 0.853. The highest BCUT2D eigenvalue weighted by atomic mass is 35.5. The van der Waals surface area contributed by atoms with E-state index >= 15 is 0 Å². The second-order valence-corrected chi connectivity index (χ2v) is 5.11. The number of carbonyl (C=O) groups excluding carboxylic acids is 2. The lowest BCUT2D eigenvalue weighted by Crippen LogP contribution is -2.42. The van der Waals surface area contributed by atoms with Crippen LogP contribution in [0.3, 0.4) is 0 Å². The molecule has 2 rings (SSSR count). The molecule has 1 aromatic heterocycles. The van der Waals surface area contributed by atoms with E-state index in [0.29, 0.717) is 17.1 Å². The van der Waals surface area contributed by atoms with Gasteiger partial charge >= 0.3 is 0 Å². The fraction of sp³-hybridized carbons (Fsp3) is 0.200. The van der Waals surface area contributed by atoms with Gasteiger partial charge in [0.05, 0.1) is 12.0 Å². The lowest BCUT2D eigenvalue weighted by Gasteiger charge is -2.08. The molecule has 1 aromatic carbocycles. The first-order valence-corrected chi connectivity index (χ1v) is 6.85. The number of hydrogen-bond donors (Lipinski definition) is 2. The van der Waals surface area contributed by atoms with Crippen molar-refractivity contribution >= 4 is 23.4 Å². The van der Waals surface area contributed by atoms with E-state index in [1.165, 1.54) is 18.2 Å². The molecule has 22 heavy (non-hydrogen) atoms. The summed E-state index contributed by atoms with van der Waals surface area (Å²) in [6.45, 7) is 3.35. The van der Waals surface area contributed by atoms with Crippen LogP contribution in [-0.2, 0) is 11.2 Å². The lowest BCUT2D eigenvalue weighted by molar-refractivity contribution is -0.121. The van der Waals surface area contributed by atoms with Crippen molar-refractivity contribution in [2.24, 2.45) is 0 Å². The Kier molecular flexibility index (Phi) is 4.82. The second-order valence-electron chi connectivity index (χ2n) is 4.71. The number of nitrogens with one attached hydrogen (secondary N) is 2. The molecule has 0 fully saturated rings. The smallest absolute Gasteiger partial charge is 0.273 e. The molecule has 7 heteroatoms. The van der Waals surface area contributed by atoms with Crippen LogP contribution in [0.1, 0.15) is 27.4 Å². The average Bonchev–Trinajstić information content (AvgIpc) is 2.79. The van der Waals surface area contributed by atoms with Crippen LogP contribution < -0.4 is 10.9 Å². The van der Waals surface area contributed by atoms with Crippen molar-refractivity contribution in [3.05, 3.63) is 57.8 Å². The van der Waals surface area contributed by atoms with E-state index in [2.05, 4.69) is 10.9 Å². The number of furan rings is 1. The van der Waals surface area contributed by atoms with Crippen LogP contribution in [0.5, 0.6) is 0 Å². The van der Waals surface area contributed by atoms with Gasteiger partial charge in [0, 0.05) is 10.6 Å². The first kappa shape index (κ1) is 16.0. The molecule has 0 bridgehead atoms.